The zero-order valence-corrected chi connectivity index (χ0v) is 12.4. The summed E-state index contributed by atoms with van der Waals surface area (Å²) < 4.78 is 1.83. The third kappa shape index (κ3) is 4.68. The van der Waals surface area contributed by atoms with Crippen LogP contribution in [-0.2, 0) is 6.54 Å². The molecule has 4 nitrogen and oxygen atoms in total. The van der Waals surface area contributed by atoms with Crippen molar-refractivity contribution in [3.8, 4) is 0 Å². The van der Waals surface area contributed by atoms with E-state index >= 15 is 0 Å². The summed E-state index contributed by atoms with van der Waals surface area (Å²) in [5.74, 6) is 0. The minimum Gasteiger partial charge on any atom is -0.383 e. The van der Waals surface area contributed by atoms with Gasteiger partial charge in [-0.15, -0.1) is 0 Å². The predicted molar refractivity (Wildman–Crippen MR) is 82.8 cm³/mol. The minimum absolute atomic E-state index is 0.530. The second-order valence-electron chi connectivity index (χ2n) is 5.33. The smallest absolute Gasteiger partial charge is 0.137 e. The van der Waals surface area contributed by atoms with Crippen LogP contribution in [0.4, 0.5) is 5.69 Å². The first-order valence-corrected chi connectivity index (χ1v) is 7.46. The van der Waals surface area contributed by atoms with E-state index in [1.165, 1.54) is 36.9 Å². The molecule has 2 rings (SSSR count). The van der Waals surface area contributed by atoms with E-state index in [4.69, 9.17) is 0 Å². The lowest BCUT2D eigenvalue weighted by Gasteiger charge is -2.15. The molecule has 2 aromatic rings. The van der Waals surface area contributed by atoms with Gasteiger partial charge in [0.05, 0.1) is 6.54 Å². The molecule has 1 N–H and O–H groups in total. The van der Waals surface area contributed by atoms with E-state index in [0.717, 1.165) is 6.54 Å². The van der Waals surface area contributed by atoms with Gasteiger partial charge in [-0.3, -0.25) is 0 Å². The standard InChI is InChI=1S/C16H24N4/c1-3-4-5-6-14(2)19-16-9-7-15(8-10-16)11-20-13-17-12-18-20/h7-10,12-14,19H,3-6,11H2,1-2H3. The predicted octanol–water partition coefficient (Wildman–Crippen LogP) is 3.71. The molecule has 108 valence electrons. The van der Waals surface area contributed by atoms with E-state index in [2.05, 4.69) is 53.5 Å². The average Bonchev–Trinajstić information content (AvgIpc) is 2.94. The first-order chi connectivity index (χ1) is 9.78. The number of hydrogen-bond acceptors (Lipinski definition) is 3. The number of nitrogens with one attached hydrogen (secondary N) is 1. The fraction of sp³-hybridized carbons (Fsp3) is 0.500. The molecule has 0 spiro atoms. The van der Waals surface area contributed by atoms with Crippen molar-refractivity contribution in [2.24, 2.45) is 0 Å². The van der Waals surface area contributed by atoms with Crippen LogP contribution in [0.2, 0.25) is 0 Å². The lowest BCUT2D eigenvalue weighted by molar-refractivity contribution is 0.615. The Morgan fingerprint density at radius 3 is 2.65 bits per heavy atom. The van der Waals surface area contributed by atoms with E-state index in [9.17, 15) is 0 Å². The molecule has 0 aliphatic heterocycles. The van der Waals surface area contributed by atoms with Gasteiger partial charge in [0.2, 0.25) is 0 Å². The highest BCUT2D eigenvalue weighted by molar-refractivity contribution is 5.45. The molecule has 0 amide bonds. The fourth-order valence-corrected chi connectivity index (χ4v) is 2.27. The van der Waals surface area contributed by atoms with Crippen LogP contribution in [0.15, 0.2) is 36.9 Å². The zero-order chi connectivity index (χ0) is 14.2. The summed E-state index contributed by atoms with van der Waals surface area (Å²) in [7, 11) is 0. The molecule has 1 aromatic heterocycles. The number of unbranched alkanes of at least 4 members (excludes halogenated alkanes) is 2. The number of benzene rings is 1. The van der Waals surface area contributed by atoms with Crippen molar-refractivity contribution in [2.45, 2.75) is 52.1 Å². The number of hydrogen-bond donors (Lipinski definition) is 1. The van der Waals surface area contributed by atoms with Gasteiger partial charge in [0.25, 0.3) is 0 Å². The number of anilines is 1. The van der Waals surface area contributed by atoms with Crippen molar-refractivity contribution in [2.75, 3.05) is 5.32 Å². The molecule has 1 atom stereocenters. The molecule has 0 fully saturated rings. The van der Waals surface area contributed by atoms with Crippen molar-refractivity contribution in [3.63, 3.8) is 0 Å². The van der Waals surface area contributed by atoms with Crippen LogP contribution in [-0.4, -0.2) is 20.8 Å². The Kier molecular flexibility index (Phi) is 5.59. The molecule has 0 radical (unpaired) electrons. The molecule has 1 heterocycles. The van der Waals surface area contributed by atoms with Crippen molar-refractivity contribution in [1.82, 2.24) is 14.8 Å². The molecule has 0 bridgehead atoms. The van der Waals surface area contributed by atoms with E-state index in [1.807, 2.05) is 4.68 Å². The van der Waals surface area contributed by atoms with E-state index in [1.54, 1.807) is 12.7 Å². The summed E-state index contributed by atoms with van der Waals surface area (Å²) >= 11 is 0. The lowest BCUT2D eigenvalue weighted by Crippen LogP contribution is -2.14. The fourth-order valence-electron chi connectivity index (χ4n) is 2.27. The van der Waals surface area contributed by atoms with Crippen LogP contribution < -0.4 is 5.32 Å². The molecule has 1 unspecified atom stereocenters. The first-order valence-electron chi connectivity index (χ1n) is 7.46. The molecule has 0 aliphatic carbocycles. The highest BCUT2D eigenvalue weighted by Gasteiger charge is 2.02. The zero-order valence-electron chi connectivity index (χ0n) is 12.4. The van der Waals surface area contributed by atoms with Gasteiger partial charge in [-0.05, 0) is 31.0 Å². The van der Waals surface area contributed by atoms with Gasteiger partial charge in [-0.1, -0.05) is 38.3 Å². The van der Waals surface area contributed by atoms with Crippen molar-refractivity contribution >= 4 is 5.69 Å². The summed E-state index contributed by atoms with van der Waals surface area (Å²) in [6.45, 7) is 5.26. The SMILES string of the molecule is CCCCCC(C)Nc1ccc(Cn2cncn2)cc1. The second-order valence-corrected chi connectivity index (χ2v) is 5.33. The highest BCUT2D eigenvalue weighted by atomic mass is 15.3. The van der Waals surface area contributed by atoms with Crippen LogP contribution in [0.5, 0.6) is 0 Å². The van der Waals surface area contributed by atoms with Gasteiger partial charge < -0.3 is 5.32 Å². The molecule has 1 aromatic carbocycles. The largest absolute Gasteiger partial charge is 0.383 e. The third-order valence-corrected chi connectivity index (χ3v) is 3.42. The Bertz CT molecular complexity index is 476. The maximum atomic E-state index is 4.11. The maximum Gasteiger partial charge on any atom is 0.137 e. The Labute approximate surface area is 121 Å². The van der Waals surface area contributed by atoms with Gasteiger partial charge in [0.1, 0.15) is 12.7 Å². The third-order valence-electron chi connectivity index (χ3n) is 3.42. The maximum absolute atomic E-state index is 4.11. The van der Waals surface area contributed by atoms with Crippen LogP contribution in [0.3, 0.4) is 0 Å². The van der Waals surface area contributed by atoms with Crippen molar-refractivity contribution in [1.29, 1.82) is 0 Å². The number of aromatic nitrogens is 3. The molecule has 4 heteroatoms. The minimum atomic E-state index is 0.530. The average molecular weight is 272 g/mol. The summed E-state index contributed by atoms with van der Waals surface area (Å²) in [6.07, 6.45) is 8.44. The first kappa shape index (κ1) is 14.6. The monoisotopic (exact) mass is 272 g/mol. The van der Waals surface area contributed by atoms with Gasteiger partial charge in [-0.2, -0.15) is 5.10 Å². The molecular formula is C16H24N4. The second kappa shape index (κ2) is 7.68. The number of nitrogens with zero attached hydrogens (tertiary/aromatic N) is 3. The molecule has 20 heavy (non-hydrogen) atoms. The summed E-state index contributed by atoms with van der Waals surface area (Å²) in [6, 6.07) is 9.10. The molecule has 0 saturated carbocycles. The normalized spacial score (nSPS) is 12.3. The van der Waals surface area contributed by atoms with Crippen molar-refractivity contribution in [3.05, 3.63) is 42.5 Å². The van der Waals surface area contributed by atoms with Gasteiger partial charge >= 0.3 is 0 Å². The van der Waals surface area contributed by atoms with Crippen LogP contribution in [0.1, 0.15) is 45.1 Å². The Morgan fingerprint density at radius 1 is 1.20 bits per heavy atom. The number of rotatable bonds is 8. The Morgan fingerprint density at radius 2 is 2.00 bits per heavy atom. The lowest BCUT2D eigenvalue weighted by atomic mass is 10.1. The molecule has 0 aliphatic rings. The summed E-state index contributed by atoms with van der Waals surface area (Å²) in [4.78, 5) is 3.95. The Balaban J connectivity index is 1.82. The van der Waals surface area contributed by atoms with Gasteiger partial charge in [0, 0.05) is 11.7 Å². The summed E-state index contributed by atoms with van der Waals surface area (Å²) in [5, 5.41) is 7.67. The quantitative estimate of drug-likeness (QED) is 0.745. The Hall–Kier alpha value is -1.84. The van der Waals surface area contributed by atoms with Gasteiger partial charge in [-0.25, -0.2) is 9.67 Å². The van der Waals surface area contributed by atoms with Crippen molar-refractivity contribution < 1.29 is 0 Å². The molecular weight excluding hydrogens is 248 g/mol. The molecule has 0 saturated heterocycles. The van der Waals surface area contributed by atoms with E-state index in [-0.39, 0.29) is 0 Å². The highest BCUT2D eigenvalue weighted by Crippen LogP contribution is 2.14. The topological polar surface area (TPSA) is 42.7 Å². The van der Waals surface area contributed by atoms with E-state index in [0.29, 0.717) is 6.04 Å². The van der Waals surface area contributed by atoms with Crippen LogP contribution >= 0.6 is 0 Å². The van der Waals surface area contributed by atoms with Crippen LogP contribution in [0.25, 0.3) is 0 Å². The van der Waals surface area contributed by atoms with Gasteiger partial charge in [0.15, 0.2) is 0 Å². The van der Waals surface area contributed by atoms with Crippen LogP contribution in [0, 0.1) is 0 Å². The summed E-state index contributed by atoms with van der Waals surface area (Å²) in [5.41, 5.74) is 2.43. The van der Waals surface area contributed by atoms with E-state index < -0.39 is 0 Å².